The molecular formula is C16H29N5O7S. The number of aliphatic hydroxyl groups excluding tert-OH is 1. The van der Waals surface area contributed by atoms with Gasteiger partial charge in [0.2, 0.25) is 23.6 Å². The Morgan fingerprint density at radius 3 is 2.03 bits per heavy atom. The zero-order valence-corrected chi connectivity index (χ0v) is 17.2. The van der Waals surface area contributed by atoms with Gasteiger partial charge in [0.05, 0.1) is 12.6 Å². The first-order valence-electron chi connectivity index (χ1n) is 8.81. The molecule has 4 unspecified atom stereocenters. The van der Waals surface area contributed by atoms with Crippen LogP contribution in [0.25, 0.3) is 0 Å². The number of rotatable bonds is 14. The summed E-state index contributed by atoms with van der Waals surface area (Å²) < 4.78 is 0. The Hall–Kier alpha value is -2.38. The summed E-state index contributed by atoms with van der Waals surface area (Å²) >= 11 is 1.40. The number of primary amides is 1. The molecule has 0 spiro atoms. The molecule has 4 atom stereocenters. The summed E-state index contributed by atoms with van der Waals surface area (Å²) in [5.74, 6) is -3.88. The smallest absolute Gasteiger partial charge is 0.326 e. The Morgan fingerprint density at radius 1 is 1.00 bits per heavy atom. The molecule has 13 heteroatoms. The average molecular weight is 436 g/mol. The quantitative estimate of drug-likeness (QED) is 0.147. The van der Waals surface area contributed by atoms with Crippen molar-refractivity contribution in [3.8, 4) is 0 Å². The molecule has 0 rings (SSSR count). The van der Waals surface area contributed by atoms with Crippen molar-refractivity contribution in [1.29, 1.82) is 0 Å². The fourth-order valence-electron chi connectivity index (χ4n) is 2.22. The number of carbonyl (C=O) groups is 5. The van der Waals surface area contributed by atoms with Gasteiger partial charge in [0.15, 0.2) is 0 Å². The van der Waals surface area contributed by atoms with Crippen molar-refractivity contribution in [3.05, 3.63) is 0 Å². The molecule has 0 aromatic rings. The fraction of sp³-hybridized carbons (Fsp3) is 0.688. The van der Waals surface area contributed by atoms with E-state index in [9.17, 15) is 34.2 Å². The number of thioether (sulfide) groups is 1. The largest absolute Gasteiger partial charge is 0.480 e. The van der Waals surface area contributed by atoms with Crippen molar-refractivity contribution in [3.63, 3.8) is 0 Å². The molecule has 0 aromatic heterocycles. The van der Waals surface area contributed by atoms with Crippen LogP contribution in [0.3, 0.4) is 0 Å². The first kappa shape index (κ1) is 26.6. The summed E-state index contributed by atoms with van der Waals surface area (Å²) in [5, 5.41) is 25.9. The summed E-state index contributed by atoms with van der Waals surface area (Å²) in [6.07, 6.45) is 0.232. The Bertz CT molecular complexity index is 602. The molecule has 0 fully saturated rings. The summed E-state index contributed by atoms with van der Waals surface area (Å²) in [4.78, 5) is 58.6. The van der Waals surface area contributed by atoms with Crippen molar-refractivity contribution in [2.24, 2.45) is 11.5 Å². The lowest BCUT2D eigenvalue weighted by molar-refractivity contribution is -0.142. The molecule has 12 nitrogen and oxygen atoms in total. The number of carboxylic acid groups (broad SMARTS) is 1. The Labute approximate surface area is 172 Å². The lowest BCUT2D eigenvalue weighted by Gasteiger charge is -2.25. The number of hydrogen-bond donors (Lipinski definition) is 7. The van der Waals surface area contributed by atoms with Crippen molar-refractivity contribution < 1.29 is 34.2 Å². The molecule has 0 aliphatic heterocycles. The van der Waals surface area contributed by atoms with Gasteiger partial charge in [-0.3, -0.25) is 19.2 Å². The van der Waals surface area contributed by atoms with Gasteiger partial charge in [-0.15, -0.1) is 0 Å². The van der Waals surface area contributed by atoms with Crippen LogP contribution in [-0.4, -0.2) is 82.6 Å². The number of aliphatic hydroxyl groups is 1. The van der Waals surface area contributed by atoms with Gasteiger partial charge >= 0.3 is 5.97 Å². The number of carboxylic acids is 1. The van der Waals surface area contributed by atoms with Gasteiger partial charge in [-0.1, -0.05) is 0 Å². The van der Waals surface area contributed by atoms with Gasteiger partial charge in [-0.25, -0.2) is 4.79 Å². The molecule has 0 aromatic carbocycles. The molecule has 0 saturated carbocycles. The van der Waals surface area contributed by atoms with Gasteiger partial charge in [-0.05, 0) is 31.8 Å². The summed E-state index contributed by atoms with van der Waals surface area (Å²) in [6, 6.07) is -3.84. The van der Waals surface area contributed by atoms with E-state index in [2.05, 4.69) is 16.0 Å². The van der Waals surface area contributed by atoms with Gasteiger partial charge in [0.1, 0.15) is 18.1 Å². The first-order valence-corrected chi connectivity index (χ1v) is 10.2. The van der Waals surface area contributed by atoms with Crippen molar-refractivity contribution in [2.75, 3.05) is 18.6 Å². The van der Waals surface area contributed by atoms with E-state index in [4.69, 9.17) is 11.5 Å². The SMILES string of the molecule is CSCCC(NC(=O)C(NC(=O)CN)C(C)O)C(=O)NC(CCC(N)=O)C(=O)O. The van der Waals surface area contributed by atoms with Gasteiger partial charge in [0.25, 0.3) is 0 Å². The van der Waals surface area contributed by atoms with Gasteiger partial charge in [0, 0.05) is 6.42 Å². The Kier molecular flexibility index (Phi) is 12.6. The molecule has 9 N–H and O–H groups in total. The van der Waals surface area contributed by atoms with E-state index in [-0.39, 0.29) is 19.3 Å². The second kappa shape index (κ2) is 13.7. The molecule has 0 radical (unpaired) electrons. The maximum absolute atomic E-state index is 12.5. The molecule has 0 aliphatic carbocycles. The Balaban J connectivity index is 5.26. The molecule has 166 valence electrons. The molecule has 0 aliphatic rings. The van der Waals surface area contributed by atoms with Crippen LogP contribution in [0.1, 0.15) is 26.2 Å². The van der Waals surface area contributed by atoms with Crippen LogP contribution >= 0.6 is 11.8 Å². The van der Waals surface area contributed by atoms with E-state index < -0.39 is 60.4 Å². The highest BCUT2D eigenvalue weighted by Crippen LogP contribution is 2.05. The normalized spacial score (nSPS) is 14.8. The van der Waals surface area contributed by atoms with Crippen LogP contribution in [0, 0.1) is 0 Å². The van der Waals surface area contributed by atoms with Gasteiger partial charge in [-0.2, -0.15) is 11.8 Å². The lowest BCUT2D eigenvalue weighted by atomic mass is 10.1. The third-order valence-corrected chi connectivity index (χ3v) is 4.45. The highest BCUT2D eigenvalue weighted by molar-refractivity contribution is 7.98. The van der Waals surface area contributed by atoms with Crippen molar-refractivity contribution in [2.45, 2.75) is 50.4 Å². The third kappa shape index (κ3) is 10.7. The highest BCUT2D eigenvalue weighted by atomic mass is 32.2. The van der Waals surface area contributed by atoms with Crippen LogP contribution < -0.4 is 27.4 Å². The standard InChI is InChI=1S/C16H29N5O7S/c1-8(22)13(21-12(24)7-17)15(26)19-9(5-6-29-2)14(25)20-10(16(27)28)3-4-11(18)23/h8-10,13,22H,3-7,17H2,1-2H3,(H2,18,23)(H,19,26)(H,20,25)(H,21,24)(H,27,28). The zero-order valence-electron chi connectivity index (χ0n) is 16.3. The summed E-state index contributed by atoms with van der Waals surface area (Å²) in [7, 11) is 0. The van der Waals surface area contributed by atoms with Crippen molar-refractivity contribution >= 4 is 41.4 Å². The van der Waals surface area contributed by atoms with E-state index in [1.807, 2.05) is 0 Å². The Morgan fingerprint density at radius 2 is 1.59 bits per heavy atom. The number of amides is 4. The van der Waals surface area contributed by atoms with Crippen LogP contribution in [0.5, 0.6) is 0 Å². The van der Waals surface area contributed by atoms with E-state index in [0.29, 0.717) is 5.75 Å². The number of aliphatic carboxylic acids is 1. The second-order valence-corrected chi connectivity index (χ2v) is 7.22. The van der Waals surface area contributed by atoms with Crippen LogP contribution in [0.4, 0.5) is 0 Å². The van der Waals surface area contributed by atoms with Crippen LogP contribution in [0.15, 0.2) is 0 Å². The minimum Gasteiger partial charge on any atom is -0.480 e. The second-order valence-electron chi connectivity index (χ2n) is 6.24. The lowest BCUT2D eigenvalue weighted by Crippen LogP contribution is -2.58. The highest BCUT2D eigenvalue weighted by Gasteiger charge is 2.31. The van der Waals surface area contributed by atoms with E-state index >= 15 is 0 Å². The molecule has 0 bridgehead atoms. The predicted octanol–water partition coefficient (Wildman–Crippen LogP) is -3.12. The third-order valence-electron chi connectivity index (χ3n) is 3.80. The molecular weight excluding hydrogens is 406 g/mol. The number of carbonyl (C=O) groups excluding carboxylic acids is 4. The van der Waals surface area contributed by atoms with E-state index in [0.717, 1.165) is 0 Å². The number of nitrogens with one attached hydrogen (secondary N) is 3. The molecule has 29 heavy (non-hydrogen) atoms. The van der Waals surface area contributed by atoms with Crippen LogP contribution in [0.2, 0.25) is 0 Å². The van der Waals surface area contributed by atoms with E-state index in [1.54, 1.807) is 6.26 Å². The topological polar surface area (TPSA) is 214 Å². The summed E-state index contributed by atoms with van der Waals surface area (Å²) in [6.45, 7) is 0.884. The van der Waals surface area contributed by atoms with Crippen molar-refractivity contribution in [1.82, 2.24) is 16.0 Å². The number of hydrogen-bond acceptors (Lipinski definition) is 8. The maximum atomic E-state index is 12.5. The molecule has 4 amide bonds. The monoisotopic (exact) mass is 435 g/mol. The summed E-state index contributed by atoms with van der Waals surface area (Å²) in [5.41, 5.74) is 10.2. The number of nitrogens with two attached hydrogens (primary N) is 2. The molecule has 0 heterocycles. The average Bonchev–Trinajstić information content (AvgIpc) is 2.64. The predicted molar refractivity (Wildman–Crippen MR) is 106 cm³/mol. The maximum Gasteiger partial charge on any atom is 0.326 e. The van der Waals surface area contributed by atoms with Gasteiger partial charge < -0.3 is 37.6 Å². The molecule has 0 saturated heterocycles. The first-order chi connectivity index (χ1) is 13.5. The zero-order chi connectivity index (χ0) is 22.6. The minimum atomic E-state index is -1.37. The fourth-order valence-corrected chi connectivity index (χ4v) is 2.69. The van der Waals surface area contributed by atoms with Crippen LogP contribution in [-0.2, 0) is 24.0 Å². The van der Waals surface area contributed by atoms with E-state index in [1.165, 1.54) is 18.7 Å². The minimum absolute atomic E-state index is 0.165.